The predicted octanol–water partition coefficient (Wildman–Crippen LogP) is 1.11. The molecule has 0 unspecified atom stereocenters. The first-order valence-corrected chi connectivity index (χ1v) is 7.05. The van der Waals surface area contributed by atoms with E-state index in [1.807, 2.05) is 0 Å². The molecule has 0 spiro atoms. The summed E-state index contributed by atoms with van der Waals surface area (Å²) in [4.78, 5) is -0.626. The van der Waals surface area contributed by atoms with Crippen LogP contribution in [0.3, 0.4) is 0 Å². The molecule has 1 aromatic carbocycles. The quantitative estimate of drug-likeness (QED) is 0.710. The topological polar surface area (TPSA) is 92.4 Å². The average Bonchev–Trinajstić information content (AvgIpc) is 2.30. The third-order valence-electron chi connectivity index (χ3n) is 2.34. The number of nitrogens with two attached hydrogens (primary N) is 1. The maximum atomic E-state index is 13.7. The van der Waals surface area contributed by atoms with Gasteiger partial charge in [-0.1, -0.05) is 18.5 Å². The zero-order chi connectivity index (χ0) is 13.9. The molecule has 5 nitrogen and oxygen atoms in total. The van der Waals surface area contributed by atoms with E-state index in [1.165, 1.54) is 0 Å². The summed E-state index contributed by atoms with van der Waals surface area (Å²) in [6.45, 7) is 1.31. The molecule has 1 rings (SSSR count). The summed E-state index contributed by atoms with van der Waals surface area (Å²) in [5, 5.41) is 8.58. The molecule has 0 aliphatic carbocycles. The number of hydrogen-bond acceptors (Lipinski definition) is 4. The molecule has 0 aliphatic rings. The molecule has 0 fully saturated rings. The first kappa shape index (κ1) is 15.2. The Hall–Kier alpha value is -0.890. The Morgan fingerprint density at radius 1 is 1.56 bits per heavy atom. The zero-order valence-electron chi connectivity index (χ0n) is 9.65. The molecule has 8 heteroatoms. The van der Waals surface area contributed by atoms with Crippen LogP contribution >= 0.6 is 11.6 Å². The number of halogens is 2. The molecule has 0 aromatic heterocycles. The molecular weight excluding hydrogens is 283 g/mol. The summed E-state index contributed by atoms with van der Waals surface area (Å²) in [6.07, 6.45) is 0.368. The SMILES string of the molecule is CC[C@H](CO)NS(=O)(=O)c1cc(N)cc(Cl)c1F. The van der Waals surface area contributed by atoms with E-state index in [2.05, 4.69) is 4.72 Å². The Morgan fingerprint density at radius 3 is 2.67 bits per heavy atom. The monoisotopic (exact) mass is 296 g/mol. The molecule has 18 heavy (non-hydrogen) atoms. The molecule has 0 heterocycles. The van der Waals surface area contributed by atoms with Crippen LogP contribution in [0.2, 0.25) is 5.02 Å². The lowest BCUT2D eigenvalue weighted by atomic mass is 10.3. The summed E-state index contributed by atoms with van der Waals surface area (Å²) in [5.41, 5.74) is 5.47. The second-order valence-corrected chi connectivity index (χ2v) is 5.81. The zero-order valence-corrected chi connectivity index (χ0v) is 11.2. The molecule has 1 atom stereocenters. The number of aliphatic hydroxyl groups is 1. The summed E-state index contributed by atoms with van der Waals surface area (Å²) in [7, 11) is -4.11. The van der Waals surface area contributed by atoms with Crippen molar-refractivity contribution in [3.63, 3.8) is 0 Å². The summed E-state index contributed by atoms with van der Waals surface area (Å²) in [6, 6.07) is 1.42. The van der Waals surface area contributed by atoms with Gasteiger partial charge in [-0.3, -0.25) is 0 Å². The van der Waals surface area contributed by atoms with Crippen molar-refractivity contribution in [2.45, 2.75) is 24.3 Å². The molecule has 0 aliphatic heterocycles. The van der Waals surface area contributed by atoms with E-state index in [9.17, 15) is 12.8 Å². The minimum absolute atomic E-state index is 0.0406. The van der Waals surface area contributed by atoms with Gasteiger partial charge in [-0.2, -0.15) is 0 Å². The van der Waals surface area contributed by atoms with Gasteiger partial charge in [0.2, 0.25) is 10.0 Å². The molecule has 4 N–H and O–H groups in total. The number of anilines is 1. The highest BCUT2D eigenvalue weighted by molar-refractivity contribution is 7.89. The van der Waals surface area contributed by atoms with Gasteiger partial charge in [-0.25, -0.2) is 17.5 Å². The minimum Gasteiger partial charge on any atom is -0.399 e. The van der Waals surface area contributed by atoms with Gasteiger partial charge >= 0.3 is 0 Å². The van der Waals surface area contributed by atoms with E-state index in [0.29, 0.717) is 6.42 Å². The van der Waals surface area contributed by atoms with Crippen LogP contribution < -0.4 is 10.5 Å². The van der Waals surface area contributed by atoms with Crippen LogP contribution in [0.4, 0.5) is 10.1 Å². The normalized spacial score (nSPS) is 13.6. The van der Waals surface area contributed by atoms with Crippen molar-refractivity contribution in [3.05, 3.63) is 23.0 Å². The van der Waals surface area contributed by atoms with E-state index in [-0.39, 0.29) is 17.3 Å². The Balaban J connectivity index is 3.20. The van der Waals surface area contributed by atoms with Crippen molar-refractivity contribution in [2.24, 2.45) is 0 Å². The first-order valence-electron chi connectivity index (χ1n) is 5.19. The summed E-state index contributed by atoms with van der Waals surface area (Å²) < 4.78 is 39.7. The lowest BCUT2D eigenvalue weighted by molar-refractivity contribution is 0.253. The molecule has 0 radical (unpaired) electrons. The lowest BCUT2D eigenvalue weighted by Crippen LogP contribution is -2.37. The van der Waals surface area contributed by atoms with Crippen LogP contribution in [0.1, 0.15) is 13.3 Å². The van der Waals surface area contributed by atoms with E-state index < -0.39 is 26.8 Å². The second-order valence-electron chi connectivity index (χ2n) is 3.72. The standard InChI is InChI=1S/C10H14ClFN2O3S/c1-2-7(5-15)14-18(16,17)9-4-6(13)3-8(11)10(9)12/h3-4,7,14-15H,2,5,13H2,1H3/t7-/m1/s1. The minimum atomic E-state index is -4.11. The van der Waals surface area contributed by atoms with Crippen LogP contribution in [-0.4, -0.2) is 26.2 Å². The summed E-state index contributed by atoms with van der Waals surface area (Å²) in [5.74, 6) is -1.06. The number of sulfonamides is 1. The van der Waals surface area contributed by atoms with E-state index in [0.717, 1.165) is 12.1 Å². The average molecular weight is 297 g/mol. The van der Waals surface area contributed by atoms with Gasteiger partial charge in [-0.15, -0.1) is 0 Å². The van der Waals surface area contributed by atoms with Gasteiger partial charge in [0.1, 0.15) is 4.90 Å². The number of nitrogens with one attached hydrogen (secondary N) is 1. The highest BCUT2D eigenvalue weighted by Crippen LogP contribution is 2.25. The van der Waals surface area contributed by atoms with Gasteiger partial charge in [0.15, 0.2) is 5.82 Å². The maximum Gasteiger partial charge on any atom is 0.243 e. The molecule has 0 saturated carbocycles. The highest BCUT2D eigenvalue weighted by Gasteiger charge is 2.24. The van der Waals surface area contributed by atoms with Gasteiger partial charge < -0.3 is 10.8 Å². The first-order chi connectivity index (χ1) is 8.31. The molecule has 0 bridgehead atoms. The van der Waals surface area contributed by atoms with Gasteiger partial charge in [0.05, 0.1) is 11.6 Å². The van der Waals surface area contributed by atoms with Crippen molar-refractivity contribution in [2.75, 3.05) is 12.3 Å². The van der Waals surface area contributed by atoms with Crippen molar-refractivity contribution >= 4 is 27.3 Å². The van der Waals surface area contributed by atoms with E-state index in [1.54, 1.807) is 6.92 Å². The molecule has 102 valence electrons. The van der Waals surface area contributed by atoms with Crippen molar-refractivity contribution < 1.29 is 17.9 Å². The van der Waals surface area contributed by atoms with Crippen LogP contribution in [0.5, 0.6) is 0 Å². The van der Waals surface area contributed by atoms with Crippen LogP contribution in [0.25, 0.3) is 0 Å². The Labute approximate surface area is 110 Å². The van der Waals surface area contributed by atoms with Crippen molar-refractivity contribution in [1.82, 2.24) is 4.72 Å². The number of nitrogen functional groups attached to an aromatic ring is 1. The van der Waals surface area contributed by atoms with Crippen LogP contribution in [0.15, 0.2) is 17.0 Å². The Morgan fingerprint density at radius 2 is 2.17 bits per heavy atom. The molecule has 0 amide bonds. The number of aliphatic hydroxyl groups excluding tert-OH is 1. The lowest BCUT2D eigenvalue weighted by Gasteiger charge is -2.15. The number of benzene rings is 1. The fourth-order valence-electron chi connectivity index (χ4n) is 1.31. The summed E-state index contributed by atoms with van der Waals surface area (Å²) >= 11 is 5.53. The van der Waals surface area contributed by atoms with Crippen LogP contribution in [0, 0.1) is 5.82 Å². The van der Waals surface area contributed by atoms with E-state index >= 15 is 0 Å². The van der Waals surface area contributed by atoms with Crippen molar-refractivity contribution in [3.8, 4) is 0 Å². The Kier molecular flexibility index (Phi) is 4.92. The number of hydrogen-bond donors (Lipinski definition) is 3. The van der Waals surface area contributed by atoms with E-state index in [4.69, 9.17) is 22.4 Å². The fraction of sp³-hybridized carbons (Fsp3) is 0.400. The molecule has 0 saturated heterocycles. The molecular formula is C10H14ClFN2O3S. The smallest absolute Gasteiger partial charge is 0.243 e. The largest absolute Gasteiger partial charge is 0.399 e. The maximum absolute atomic E-state index is 13.7. The van der Waals surface area contributed by atoms with Gasteiger partial charge in [0, 0.05) is 11.7 Å². The Bertz CT molecular complexity index is 532. The van der Waals surface area contributed by atoms with Crippen LogP contribution in [-0.2, 0) is 10.0 Å². The molecule has 1 aromatic rings. The second kappa shape index (κ2) is 5.83. The number of rotatable bonds is 5. The van der Waals surface area contributed by atoms with Gasteiger partial charge in [0.25, 0.3) is 0 Å². The van der Waals surface area contributed by atoms with Crippen molar-refractivity contribution in [1.29, 1.82) is 0 Å². The third-order valence-corrected chi connectivity index (χ3v) is 4.14. The third kappa shape index (κ3) is 3.32. The fourth-order valence-corrected chi connectivity index (χ4v) is 3.04. The predicted molar refractivity (Wildman–Crippen MR) is 67.3 cm³/mol. The highest BCUT2D eigenvalue weighted by atomic mass is 35.5. The van der Waals surface area contributed by atoms with Gasteiger partial charge in [-0.05, 0) is 18.6 Å².